The molecule has 1 aromatic heterocycles. The van der Waals surface area contributed by atoms with Crippen molar-refractivity contribution in [3.05, 3.63) is 29.0 Å². The predicted octanol–water partition coefficient (Wildman–Crippen LogP) is 3.77. The minimum absolute atomic E-state index is 0.301. The van der Waals surface area contributed by atoms with Gasteiger partial charge in [0.05, 0.1) is 0 Å². The van der Waals surface area contributed by atoms with Gasteiger partial charge in [0, 0.05) is 16.7 Å². The first kappa shape index (κ1) is 10.9. The molecular formula is C10H14ClNS. The van der Waals surface area contributed by atoms with Crippen molar-refractivity contribution in [1.82, 2.24) is 4.98 Å². The van der Waals surface area contributed by atoms with Gasteiger partial charge in [-0.3, -0.25) is 0 Å². The summed E-state index contributed by atoms with van der Waals surface area (Å²) in [4.78, 5) is 3.94. The maximum absolute atomic E-state index is 5.77. The van der Waals surface area contributed by atoms with Crippen LogP contribution in [0.1, 0.15) is 26.3 Å². The third kappa shape index (κ3) is 4.53. The molecule has 0 aliphatic carbocycles. The molecule has 3 heteroatoms. The standard InChI is InChI=1S/C10H14ClNS/c1-10(2,3)13-7-8-4-5-12-9(11)6-8/h4-6H,7H2,1-3H3. The lowest BCUT2D eigenvalue weighted by molar-refractivity contribution is 0.802. The molecule has 1 nitrogen and oxygen atoms in total. The van der Waals surface area contributed by atoms with Crippen LogP contribution in [0, 0.1) is 0 Å². The number of nitrogens with zero attached hydrogens (tertiary/aromatic N) is 1. The molecular weight excluding hydrogens is 202 g/mol. The fourth-order valence-corrected chi connectivity index (χ4v) is 1.81. The second-order valence-electron chi connectivity index (χ2n) is 3.89. The number of hydrogen-bond acceptors (Lipinski definition) is 2. The van der Waals surface area contributed by atoms with E-state index in [9.17, 15) is 0 Å². The Labute approximate surface area is 88.9 Å². The van der Waals surface area contributed by atoms with E-state index in [1.54, 1.807) is 6.20 Å². The van der Waals surface area contributed by atoms with Crippen LogP contribution in [0.15, 0.2) is 18.3 Å². The molecule has 0 bridgehead atoms. The molecule has 0 aliphatic rings. The van der Waals surface area contributed by atoms with Crippen molar-refractivity contribution in [3.8, 4) is 0 Å². The fourth-order valence-electron chi connectivity index (χ4n) is 0.832. The van der Waals surface area contributed by atoms with Gasteiger partial charge in [0.15, 0.2) is 0 Å². The van der Waals surface area contributed by atoms with E-state index in [4.69, 9.17) is 11.6 Å². The van der Waals surface area contributed by atoms with Gasteiger partial charge in [0.2, 0.25) is 0 Å². The summed E-state index contributed by atoms with van der Waals surface area (Å²) in [6.07, 6.45) is 1.75. The molecule has 0 radical (unpaired) electrons. The van der Waals surface area contributed by atoms with Crippen molar-refractivity contribution in [3.63, 3.8) is 0 Å². The molecule has 0 unspecified atom stereocenters. The quantitative estimate of drug-likeness (QED) is 0.697. The zero-order valence-corrected chi connectivity index (χ0v) is 9.75. The van der Waals surface area contributed by atoms with Crippen LogP contribution in [0.5, 0.6) is 0 Å². The van der Waals surface area contributed by atoms with Gasteiger partial charge in [-0.15, -0.1) is 0 Å². The van der Waals surface area contributed by atoms with E-state index in [1.807, 2.05) is 23.9 Å². The number of aromatic nitrogens is 1. The van der Waals surface area contributed by atoms with E-state index in [1.165, 1.54) is 5.56 Å². The van der Waals surface area contributed by atoms with E-state index in [0.717, 1.165) is 5.75 Å². The maximum atomic E-state index is 5.77. The molecule has 0 fully saturated rings. The Balaban J connectivity index is 2.55. The number of pyridine rings is 1. The molecule has 0 spiro atoms. The number of hydrogen-bond donors (Lipinski definition) is 0. The van der Waals surface area contributed by atoms with Gasteiger partial charge in [0.25, 0.3) is 0 Å². The van der Waals surface area contributed by atoms with E-state index < -0.39 is 0 Å². The summed E-state index contributed by atoms with van der Waals surface area (Å²) < 4.78 is 0.301. The zero-order valence-electron chi connectivity index (χ0n) is 8.17. The van der Waals surface area contributed by atoms with Crippen LogP contribution in [0.25, 0.3) is 0 Å². The van der Waals surface area contributed by atoms with Gasteiger partial charge in [-0.2, -0.15) is 11.8 Å². The van der Waals surface area contributed by atoms with E-state index in [0.29, 0.717) is 9.90 Å². The Morgan fingerprint density at radius 3 is 2.69 bits per heavy atom. The zero-order chi connectivity index (χ0) is 9.90. The van der Waals surface area contributed by atoms with Gasteiger partial charge >= 0.3 is 0 Å². The monoisotopic (exact) mass is 215 g/mol. The highest BCUT2D eigenvalue weighted by Crippen LogP contribution is 2.27. The van der Waals surface area contributed by atoms with Crippen LogP contribution in [-0.2, 0) is 5.75 Å². The van der Waals surface area contributed by atoms with Crippen molar-refractivity contribution in [2.24, 2.45) is 0 Å². The van der Waals surface area contributed by atoms with Gasteiger partial charge < -0.3 is 0 Å². The van der Waals surface area contributed by atoms with Gasteiger partial charge in [-0.25, -0.2) is 4.98 Å². The largest absolute Gasteiger partial charge is 0.245 e. The first-order chi connectivity index (χ1) is 5.97. The Kier molecular flexibility index (Phi) is 3.63. The van der Waals surface area contributed by atoms with Crippen molar-refractivity contribution in [2.45, 2.75) is 31.3 Å². The molecule has 0 aliphatic heterocycles. The van der Waals surface area contributed by atoms with Crippen LogP contribution < -0.4 is 0 Å². The Hall–Kier alpha value is -0.210. The smallest absolute Gasteiger partial charge is 0.129 e. The predicted molar refractivity (Wildman–Crippen MR) is 60.3 cm³/mol. The molecule has 0 saturated heterocycles. The van der Waals surface area contributed by atoms with Gasteiger partial charge in [-0.05, 0) is 17.7 Å². The summed E-state index contributed by atoms with van der Waals surface area (Å²) in [5.41, 5.74) is 1.24. The van der Waals surface area contributed by atoms with Crippen molar-refractivity contribution < 1.29 is 0 Å². The lowest BCUT2D eigenvalue weighted by Crippen LogP contribution is -2.07. The lowest BCUT2D eigenvalue weighted by atomic mass is 10.3. The maximum Gasteiger partial charge on any atom is 0.129 e. The molecule has 0 atom stereocenters. The first-order valence-corrected chi connectivity index (χ1v) is 5.58. The highest BCUT2D eigenvalue weighted by molar-refractivity contribution is 7.99. The fraction of sp³-hybridized carbons (Fsp3) is 0.500. The number of rotatable bonds is 2. The lowest BCUT2D eigenvalue weighted by Gasteiger charge is -2.17. The minimum atomic E-state index is 0.301. The SMILES string of the molecule is CC(C)(C)SCc1ccnc(Cl)c1. The van der Waals surface area contributed by atoms with E-state index in [2.05, 4.69) is 25.8 Å². The molecule has 13 heavy (non-hydrogen) atoms. The molecule has 1 heterocycles. The molecule has 0 aromatic carbocycles. The van der Waals surface area contributed by atoms with Crippen LogP contribution in [-0.4, -0.2) is 9.73 Å². The molecule has 1 rings (SSSR count). The summed E-state index contributed by atoms with van der Waals surface area (Å²) >= 11 is 7.68. The van der Waals surface area contributed by atoms with E-state index in [-0.39, 0.29) is 0 Å². The summed E-state index contributed by atoms with van der Waals surface area (Å²) in [7, 11) is 0. The van der Waals surface area contributed by atoms with Crippen molar-refractivity contribution >= 4 is 23.4 Å². The topological polar surface area (TPSA) is 12.9 Å². The first-order valence-electron chi connectivity index (χ1n) is 4.22. The minimum Gasteiger partial charge on any atom is -0.245 e. The summed E-state index contributed by atoms with van der Waals surface area (Å²) in [5.74, 6) is 0.992. The number of thioether (sulfide) groups is 1. The molecule has 0 amide bonds. The Morgan fingerprint density at radius 2 is 2.15 bits per heavy atom. The van der Waals surface area contributed by atoms with Crippen molar-refractivity contribution in [2.75, 3.05) is 0 Å². The van der Waals surface area contributed by atoms with Crippen LogP contribution >= 0.6 is 23.4 Å². The van der Waals surface area contributed by atoms with Crippen LogP contribution in [0.4, 0.5) is 0 Å². The van der Waals surface area contributed by atoms with Gasteiger partial charge in [0.1, 0.15) is 5.15 Å². The van der Waals surface area contributed by atoms with Gasteiger partial charge in [-0.1, -0.05) is 32.4 Å². The second-order valence-corrected chi connectivity index (χ2v) is 6.08. The Bertz CT molecular complexity index is 280. The normalized spacial score (nSPS) is 11.7. The molecule has 72 valence electrons. The Morgan fingerprint density at radius 1 is 1.46 bits per heavy atom. The third-order valence-corrected chi connectivity index (χ3v) is 3.01. The highest BCUT2D eigenvalue weighted by Gasteiger charge is 2.10. The summed E-state index contributed by atoms with van der Waals surface area (Å²) in [6.45, 7) is 6.63. The third-order valence-electron chi connectivity index (χ3n) is 1.46. The van der Waals surface area contributed by atoms with Crippen LogP contribution in [0.2, 0.25) is 5.15 Å². The second kappa shape index (κ2) is 4.34. The number of halogens is 1. The van der Waals surface area contributed by atoms with Crippen molar-refractivity contribution in [1.29, 1.82) is 0 Å². The molecule has 1 aromatic rings. The molecule has 0 N–H and O–H groups in total. The van der Waals surface area contributed by atoms with Crippen LogP contribution in [0.3, 0.4) is 0 Å². The highest BCUT2D eigenvalue weighted by atomic mass is 35.5. The molecule has 0 saturated carbocycles. The summed E-state index contributed by atoms with van der Waals surface area (Å²) in [5, 5.41) is 0.576. The summed E-state index contributed by atoms with van der Waals surface area (Å²) in [6, 6.07) is 3.92. The average Bonchev–Trinajstić information content (AvgIpc) is 2.00. The van der Waals surface area contributed by atoms with E-state index >= 15 is 0 Å². The average molecular weight is 216 g/mol.